The van der Waals surface area contributed by atoms with Crippen LogP contribution in [0.25, 0.3) is 0 Å². The van der Waals surface area contributed by atoms with Crippen LogP contribution in [-0.2, 0) is 0 Å². The molecule has 100 valence electrons. The van der Waals surface area contributed by atoms with Crippen molar-refractivity contribution in [3.05, 3.63) is 54.2 Å². The van der Waals surface area contributed by atoms with E-state index in [9.17, 15) is 4.79 Å². The van der Waals surface area contributed by atoms with E-state index in [0.717, 1.165) is 10.6 Å². The highest BCUT2D eigenvalue weighted by atomic mass is 16.4. The first kappa shape index (κ1) is 12.0. The number of amides is 1. The maximum Gasteiger partial charge on any atom is 0.417 e. The predicted molar refractivity (Wildman–Crippen MR) is 74.4 cm³/mol. The number of anilines is 2. The molecule has 0 aliphatic carbocycles. The van der Waals surface area contributed by atoms with Crippen molar-refractivity contribution >= 4 is 23.4 Å². The Labute approximate surface area is 114 Å². The van der Waals surface area contributed by atoms with Crippen LogP contribution in [0, 0.1) is 5.41 Å². The Morgan fingerprint density at radius 1 is 1.35 bits per heavy atom. The first-order valence-corrected chi connectivity index (χ1v) is 5.86. The van der Waals surface area contributed by atoms with E-state index in [-0.39, 0.29) is 5.84 Å². The van der Waals surface area contributed by atoms with Crippen LogP contribution in [-0.4, -0.2) is 26.9 Å². The normalized spacial score (nSPS) is 20.2. The lowest BCUT2D eigenvalue weighted by Crippen LogP contribution is -2.31. The Morgan fingerprint density at radius 3 is 2.95 bits per heavy atom. The summed E-state index contributed by atoms with van der Waals surface area (Å²) in [6.07, 6.45) is 6.69. The van der Waals surface area contributed by atoms with Crippen LogP contribution in [0.15, 0.2) is 54.2 Å². The summed E-state index contributed by atoms with van der Waals surface area (Å²) in [6, 6.07) is 3.64. The van der Waals surface area contributed by atoms with Gasteiger partial charge in [0.05, 0.1) is 11.3 Å². The topological polar surface area (TPSA) is 101 Å². The standard InChI is InChI=1S/C13H11N5O2/c14-10-8(4-1-2-7-18(10)13(19)20)11-16-9-5-3-6-15-12(9)17-11/h1-7,14,16H,(H,15,17)(H,19,20). The zero-order valence-electron chi connectivity index (χ0n) is 10.3. The third-order valence-electron chi connectivity index (χ3n) is 2.89. The molecule has 20 heavy (non-hydrogen) atoms. The number of nitrogens with zero attached hydrogens (tertiary/aromatic N) is 2. The highest BCUT2D eigenvalue weighted by Crippen LogP contribution is 2.30. The Bertz CT molecular complexity index is 663. The zero-order valence-corrected chi connectivity index (χ0v) is 10.3. The van der Waals surface area contributed by atoms with Crippen LogP contribution >= 0.6 is 0 Å². The van der Waals surface area contributed by atoms with Crippen LogP contribution in [0.5, 0.6) is 0 Å². The molecule has 2 aliphatic rings. The zero-order chi connectivity index (χ0) is 14.1. The van der Waals surface area contributed by atoms with E-state index in [1.165, 1.54) is 6.20 Å². The summed E-state index contributed by atoms with van der Waals surface area (Å²) in [5.74, 6) is 1.05. The van der Waals surface area contributed by atoms with Gasteiger partial charge in [0.15, 0.2) is 5.82 Å². The van der Waals surface area contributed by atoms with Crippen molar-refractivity contribution in [2.75, 3.05) is 10.6 Å². The molecule has 1 aromatic heterocycles. The van der Waals surface area contributed by atoms with E-state index >= 15 is 0 Å². The molecule has 3 heterocycles. The van der Waals surface area contributed by atoms with Gasteiger partial charge < -0.3 is 15.7 Å². The van der Waals surface area contributed by atoms with Crippen LogP contribution in [0.4, 0.5) is 16.3 Å². The maximum absolute atomic E-state index is 11.1. The monoisotopic (exact) mass is 269 g/mol. The smallest absolute Gasteiger partial charge is 0.417 e. The lowest BCUT2D eigenvalue weighted by molar-refractivity contribution is 0.180. The second-order valence-electron chi connectivity index (χ2n) is 4.14. The first-order valence-electron chi connectivity index (χ1n) is 5.86. The third-order valence-corrected chi connectivity index (χ3v) is 2.89. The number of carbonyl (C=O) groups is 1. The summed E-state index contributed by atoms with van der Waals surface area (Å²) in [6.45, 7) is 0. The van der Waals surface area contributed by atoms with Gasteiger partial charge in [0.2, 0.25) is 0 Å². The summed E-state index contributed by atoms with van der Waals surface area (Å²) in [5.41, 5.74) is 1.23. The van der Waals surface area contributed by atoms with Gasteiger partial charge in [-0.15, -0.1) is 0 Å². The molecule has 0 fully saturated rings. The van der Waals surface area contributed by atoms with E-state index in [2.05, 4.69) is 15.6 Å². The summed E-state index contributed by atoms with van der Waals surface area (Å²) < 4.78 is 0. The summed E-state index contributed by atoms with van der Waals surface area (Å²) >= 11 is 0. The number of rotatable bonds is 0. The molecule has 0 saturated carbocycles. The van der Waals surface area contributed by atoms with Crippen molar-refractivity contribution in [2.45, 2.75) is 0 Å². The van der Waals surface area contributed by atoms with E-state index in [1.54, 1.807) is 30.5 Å². The summed E-state index contributed by atoms with van der Waals surface area (Å²) in [7, 11) is 0. The van der Waals surface area contributed by atoms with Gasteiger partial charge in [-0.2, -0.15) is 0 Å². The fraction of sp³-hybridized carbons (Fsp3) is 0. The fourth-order valence-electron chi connectivity index (χ4n) is 1.96. The quantitative estimate of drug-likeness (QED) is 0.578. The molecule has 7 heteroatoms. The molecule has 1 amide bonds. The third kappa shape index (κ3) is 1.91. The molecule has 0 atom stereocenters. The van der Waals surface area contributed by atoms with Crippen molar-refractivity contribution in [3.8, 4) is 0 Å². The summed E-state index contributed by atoms with van der Waals surface area (Å²) in [4.78, 5) is 16.1. The lowest BCUT2D eigenvalue weighted by Gasteiger charge is -2.16. The number of hydrogen-bond acceptors (Lipinski definition) is 5. The molecule has 0 unspecified atom stereocenters. The Balaban J connectivity index is 2.00. The molecule has 0 saturated heterocycles. The lowest BCUT2D eigenvalue weighted by atomic mass is 10.2. The van der Waals surface area contributed by atoms with Crippen LogP contribution in [0.2, 0.25) is 0 Å². The molecule has 0 aromatic carbocycles. The SMILES string of the molecule is N=C1C(=C2Nc3cccnc3N2)C=CC=CN1C(=O)O. The largest absolute Gasteiger partial charge is 0.464 e. The van der Waals surface area contributed by atoms with Gasteiger partial charge in [-0.1, -0.05) is 6.08 Å². The van der Waals surface area contributed by atoms with E-state index in [4.69, 9.17) is 10.5 Å². The number of carboxylic acid groups (broad SMARTS) is 1. The van der Waals surface area contributed by atoms with E-state index in [0.29, 0.717) is 17.2 Å². The highest BCUT2D eigenvalue weighted by molar-refractivity contribution is 6.08. The number of aromatic nitrogens is 1. The predicted octanol–water partition coefficient (Wildman–Crippen LogP) is 2.17. The first-order chi connectivity index (χ1) is 9.66. The van der Waals surface area contributed by atoms with Crippen molar-refractivity contribution < 1.29 is 9.90 Å². The Kier molecular flexibility index (Phi) is 2.72. The number of allylic oxidation sites excluding steroid dienone is 2. The van der Waals surface area contributed by atoms with Crippen LogP contribution in [0.1, 0.15) is 0 Å². The molecule has 4 N–H and O–H groups in total. The number of nitrogens with one attached hydrogen (secondary N) is 3. The fourth-order valence-corrected chi connectivity index (χ4v) is 1.96. The van der Waals surface area contributed by atoms with E-state index in [1.807, 2.05) is 6.07 Å². The van der Waals surface area contributed by atoms with Gasteiger partial charge >= 0.3 is 6.09 Å². The minimum atomic E-state index is -1.21. The van der Waals surface area contributed by atoms with Gasteiger partial charge in [0, 0.05) is 12.4 Å². The molecule has 1 aromatic rings. The number of amidine groups is 1. The molecule has 3 rings (SSSR count). The van der Waals surface area contributed by atoms with Gasteiger partial charge in [-0.05, 0) is 24.3 Å². The molecular weight excluding hydrogens is 258 g/mol. The number of fused-ring (bicyclic) bond motifs is 1. The highest BCUT2D eigenvalue weighted by Gasteiger charge is 2.24. The molecule has 0 spiro atoms. The van der Waals surface area contributed by atoms with Gasteiger partial charge in [-0.3, -0.25) is 5.41 Å². The van der Waals surface area contributed by atoms with Crippen LogP contribution in [0.3, 0.4) is 0 Å². The Morgan fingerprint density at radius 2 is 2.20 bits per heavy atom. The summed E-state index contributed by atoms with van der Waals surface area (Å²) in [5, 5.41) is 23.3. The molecule has 2 aliphatic heterocycles. The molecule has 0 bridgehead atoms. The van der Waals surface area contributed by atoms with Crippen LogP contribution < -0.4 is 10.6 Å². The van der Waals surface area contributed by atoms with Crippen molar-refractivity contribution in [3.63, 3.8) is 0 Å². The minimum absolute atomic E-state index is 0.134. The molecule has 0 radical (unpaired) electrons. The average molecular weight is 269 g/mol. The minimum Gasteiger partial charge on any atom is -0.464 e. The molecular formula is C13H11N5O2. The van der Waals surface area contributed by atoms with Gasteiger partial charge in [-0.25, -0.2) is 14.7 Å². The second-order valence-corrected chi connectivity index (χ2v) is 4.14. The average Bonchev–Trinajstić information content (AvgIpc) is 2.75. The van der Waals surface area contributed by atoms with Gasteiger partial charge in [0.25, 0.3) is 0 Å². The number of hydrogen-bond donors (Lipinski definition) is 4. The van der Waals surface area contributed by atoms with Crippen molar-refractivity contribution in [1.82, 2.24) is 9.88 Å². The second kappa shape index (κ2) is 4.54. The van der Waals surface area contributed by atoms with E-state index < -0.39 is 6.09 Å². The van der Waals surface area contributed by atoms with Gasteiger partial charge in [0.1, 0.15) is 11.7 Å². The van der Waals surface area contributed by atoms with Crippen molar-refractivity contribution in [2.24, 2.45) is 0 Å². The Hall–Kier alpha value is -3.09. The van der Waals surface area contributed by atoms with Crippen molar-refractivity contribution in [1.29, 1.82) is 5.41 Å². The maximum atomic E-state index is 11.1. The number of pyridine rings is 1. The molecule has 7 nitrogen and oxygen atoms in total.